The third-order valence-electron chi connectivity index (χ3n) is 2.47. The van der Waals surface area contributed by atoms with Crippen LogP contribution in [0, 0.1) is 0 Å². The minimum absolute atomic E-state index is 0.196. The smallest absolute Gasteiger partial charge is 0.273 e. The average Bonchev–Trinajstić information content (AvgIpc) is 2.59. The van der Waals surface area contributed by atoms with Gasteiger partial charge in [-0.25, -0.2) is 0 Å². The molecule has 1 aromatic heterocycles. The van der Waals surface area contributed by atoms with E-state index in [1.807, 2.05) is 13.8 Å². The van der Waals surface area contributed by atoms with Crippen molar-refractivity contribution in [1.29, 1.82) is 0 Å². The van der Waals surface area contributed by atoms with Crippen LogP contribution in [0.3, 0.4) is 0 Å². The molecule has 6 heteroatoms. The van der Waals surface area contributed by atoms with Crippen LogP contribution in [0.2, 0.25) is 0 Å². The van der Waals surface area contributed by atoms with E-state index in [4.69, 9.17) is 10.8 Å². The van der Waals surface area contributed by atoms with Crippen molar-refractivity contribution in [2.75, 3.05) is 12.3 Å². The molecular formula is C11H20N4O2. The Morgan fingerprint density at radius 1 is 1.53 bits per heavy atom. The molecule has 1 rings (SSSR count). The number of rotatable bonds is 5. The van der Waals surface area contributed by atoms with Crippen LogP contribution in [0.4, 0.5) is 5.69 Å². The molecule has 1 heterocycles. The third-order valence-corrected chi connectivity index (χ3v) is 2.47. The highest BCUT2D eigenvalue weighted by Crippen LogP contribution is 2.21. The first-order valence-corrected chi connectivity index (χ1v) is 5.73. The number of aliphatic hydroxyl groups is 1. The van der Waals surface area contributed by atoms with E-state index in [2.05, 4.69) is 15.5 Å². The minimum atomic E-state index is -0.432. The molecule has 0 radical (unpaired) electrons. The van der Waals surface area contributed by atoms with Crippen molar-refractivity contribution in [2.45, 2.75) is 39.2 Å². The second-order valence-electron chi connectivity index (χ2n) is 4.45. The largest absolute Gasteiger partial charge is 0.395 e. The zero-order chi connectivity index (χ0) is 13.0. The third kappa shape index (κ3) is 3.45. The fourth-order valence-electron chi connectivity index (χ4n) is 1.46. The fraction of sp³-hybridized carbons (Fsp3) is 0.636. The lowest BCUT2D eigenvalue weighted by Gasteiger charge is -2.06. The summed E-state index contributed by atoms with van der Waals surface area (Å²) in [6.45, 7) is 6.02. The summed E-state index contributed by atoms with van der Waals surface area (Å²) in [5, 5.41) is 18.4. The summed E-state index contributed by atoms with van der Waals surface area (Å²) in [7, 11) is 0. The van der Waals surface area contributed by atoms with E-state index in [0.29, 0.717) is 18.7 Å². The van der Waals surface area contributed by atoms with Crippen LogP contribution in [0.5, 0.6) is 0 Å². The van der Waals surface area contributed by atoms with Crippen LogP contribution in [0.25, 0.3) is 0 Å². The SMILES string of the molecule is CC(O)CCNC(=O)c1n[nH]c(C(C)C)c1N. The maximum Gasteiger partial charge on any atom is 0.273 e. The van der Waals surface area contributed by atoms with Crippen molar-refractivity contribution in [3.63, 3.8) is 0 Å². The van der Waals surface area contributed by atoms with E-state index in [0.717, 1.165) is 5.69 Å². The predicted octanol–water partition coefficient (Wildman–Crippen LogP) is 0.616. The number of H-pyrrole nitrogens is 1. The quantitative estimate of drug-likeness (QED) is 0.605. The standard InChI is InChI=1S/C11H20N4O2/c1-6(2)9-8(12)10(15-14-9)11(17)13-5-4-7(3)16/h6-7,16H,4-5,12H2,1-3H3,(H,13,17)(H,14,15). The van der Waals surface area contributed by atoms with Crippen molar-refractivity contribution >= 4 is 11.6 Å². The summed E-state index contributed by atoms with van der Waals surface area (Å²) in [6.07, 6.45) is 0.0747. The predicted molar refractivity (Wildman–Crippen MR) is 65.7 cm³/mol. The molecule has 0 aromatic carbocycles. The average molecular weight is 240 g/mol. The maximum absolute atomic E-state index is 11.7. The highest BCUT2D eigenvalue weighted by atomic mass is 16.3. The molecule has 0 saturated carbocycles. The lowest BCUT2D eigenvalue weighted by atomic mass is 10.1. The molecule has 0 spiro atoms. The number of aromatic amines is 1. The molecule has 17 heavy (non-hydrogen) atoms. The molecule has 1 amide bonds. The number of nitrogen functional groups attached to an aromatic ring is 1. The van der Waals surface area contributed by atoms with Gasteiger partial charge >= 0.3 is 0 Å². The Hall–Kier alpha value is -1.56. The normalized spacial score (nSPS) is 12.8. The Morgan fingerprint density at radius 3 is 2.65 bits per heavy atom. The molecular weight excluding hydrogens is 220 g/mol. The van der Waals surface area contributed by atoms with Gasteiger partial charge in [-0.15, -0.1) is 0 Å². The number of amides is 1. The number of hydrogen-bond acceptors (Lipinski definition) is 4. The first-order chi connectivity index (χ1) is 7.93. The summed E-state index contributed by atoms with van der Waals surface area (Å²) in [5.41, 5.74) is 7.22. The molecule has 0 saturated heterocycles. The topological polar surface area (TPSA) is 104 Å². The number of hydrogen-bond donors (Lipinski definition) is 4. The monoisotopic (exact) mass is 240 g/mol. The molecule has 0 aliphatic rings. The first-order valence-electron chi connectivity index (χ1n) is 5.73. The Labute approximate surface area is 101 Å². The molecule has 1 atom stereocenters. The zero-order valence-corrected chi connectivity index (χ0v) is 10.4. The molecule has 0 fully saturated rings. The van der Waals surface area contributed by atoms with Gasteiger partial charge in [0.25, 0.3) is 5.91 Å². The van der Waals surface area contributed by atoms with Gasteiger partial charge in [-0.05, 0) is 19.3 Å². The fourth-order valence-corrected chi connectivity index (χ4v) is 1.46. The van der Waals surface area contributed by atoms with Gasteiger partial charge in [0.05, 0.1) is 17.5 Å². The zero-order valence-electron chi connectivity index (χ0n) is 10.4. The van der Waals surface area contributed by atoms with Crippen molar-refractivity contribution in [2.24, 2.45) is 0 Å². The van der Waals surface area contributed by atoms with E-state index in [1.54, 1.807) is 6.92 Å². The number of nitrogens with one attached hydrogen (secondary N) is 2. The number of aliphatic hydroxyl groups excluding tert-OH is 1. The van der Waals surface area contributed by atoms with Crippen LogP contribution in [-0.4, -0.2) is 33.9 Å². The van der Waals surface area contributed by atoms with Gasteiger partial charge in [0.15, 0.2) is 5.69 Å². The van der Waals surface area contributed by atoms with E-state index >= 15 is 0 Å². The molecule has 6 nitrogen and oxygen atoms in total. The van der Waals surface area contributed by atoms with Gasteiger partial charge in [0.2, 0.25) is 0 Å². The Kier molecular flexibility index (Phi) is 4.51. The van der Waals surface area contributed by atoms with Gasteiger partial charge in [0, 0.05) is 6.54 Å². The van der Waals surface area contributed by atoms with E-state index in [9.17, 15) is 4.79 Å². The summed E-state index contributed by atoms with van der Waals surface area (Å²) in [5.74, 6) is -0.118. The second-order valence-corrected chi connectivity index (χ2v) is 4.45. The summed E-state index contributed by atoms with van der Waals surface area (Å²) in [6, 6.07) is 0. The molecule has 5 N–H and O–H groups in total. The lowest BCUT2D eigenvalue weighted by Crippen LogP contribution is -2.27. The van der Waals surface area contributed by atoms with Crippen molar-refractivity contribution < 1.29 is 9.90 Å². The van der Waals surface area contributed by atoms with E-state index < -0.39 is 6.10 Å². The highest BCUT2D eigenvalue weighted by molar-refractivity contribution is 5.97. The molecule has 96 valence electrons. The van der Waals surface area contributed by atoms with Crippen molar-refractivity contribution in [3.8, 4) is 0 Å². The van der Waals surface area contributed by atoms with E-state index in [-0.39, 0.29) is 17.5 Å². The van der Waals surface area contributed by atoms with E-state index in [1.165, 1.54) is 0 Å². The number of nitrogens with zero attached hydrogens (tertiary/aromatic N) is 1. The second kappa shape index (κ2) is 5.67. The molecule has 0 aliphatic carbocycles. The van der Waals surface area contributed by atoms with Crippen molar-refractivity contribution in [3.05, 3.63) is 11.4 Å². The first kappa shape index (κ1) is 13.5. The van der Waals surface area contributed by atoms with Crippen LogP contribution >= 0.6 is 0 Å². The minimum Gasteiger partial charge on any atom is -0.395 e. The lowest BCUT2D eigenvalue weighted by molar-refractivity contribution is 0.0941. The maximum atomic E-state index is 11.7. The summed E-state index contributed by atoms with van der Waals surface area (Å²) < 4.78 is 0. The summed E-state index contributed by atoms with van der Waals surface area (Å²) >= 11 is 0. The summed E-state index contributed by atoms with van der Waals surface area (Å²) in [4.78, 5) is 11.7. The van der Waals surface area contributed by atoms with Gasteiger partial charge in [-0.2, -0.15) is 5.10 Å². The van der Waals surface area contributed by atoms with Crippen LogP contribution in [0.1, 0.15) is 49.3 Å². The van der Waals surface area contributed by atoms with Crippen LogP contribution in [0.15, 0.2) is 0 Å². The molecule has 0 bridgehead atoms. The molecule has 0 aliphatic heterocycles. The number of nitrogens with two attached hydrogens (primary N) is 1. The highest BCUT2D eigenvalue weighted by Gasteiger charge is 2.18. The Morgan fingerprint density at radius 2 is 2.18 bits per heavy atom. The van der Waals surface area contributed by atoms with Crippen molar-refractivity contribution in [1.82, 2.24) is 15.5 Å². The number of aromatic nitrogens is 2. The van der Waals surface area contributed by atoms with Gasteiger partial charge in [-0.1, -0.05) is 13.8 Å². The van der Waals surface area contributed by atoms with Gasteiger partial charge in [-0.3, -0.25) is 9.89 Å². The number of anilines is 1. The van der Waals surface area contributed by atoms with Crippen LogP contribution in [-0.2, 0) is 0 Å². The van der Waals surface area contributed by atoms with Gasteiger partial charge in [0.1, 0.15) is 0 Å². The Bertz CT molecular complexity index is 385. The van der Waals surface area contributed by atoms with Gasteiger partial charge < -0.3 is 16.2 Å². The molecule has 1 aromatic rings. The Balaban J connectivity index is 2.63. The molecule has 1 unspecified atom stereocenters. The number of carbonyl (C=O) groups excluding carboxylic acids is 1. The number of carbonyl (C=O) groups is 1. The van der Waals surface area contributed by atoms with Crippen LogP contribution < -0.4 is 11.1 Å².